The summed E-state index contributed by atoms with van der Waals surface area (Å²) in [6.07, 6.45) is -0.272. The number of nitrogens with one attached hydrogen (secondary N) is 1. The molecule has 5 rings (SSSR count). The van der Waals surface area contributed by atoms with Gasteiger partial charge in [0.15, 0.2) is 0 Å². The summed E-state index contributed by atoms with van der Waals surface area (Å²) in [7, 11) is 1.73. The van der Waals surface area contributed by atoms with Gasteiger partial charge < -0.3 is 19.9 Å². The van der Waals surface area contributed by atoms with Crippen LogP contribution in [0.4, 0.5) is 4.79 Å². The first-order valence-corrected chi connectivity index (χ1v) is 14.0. The molecule has 0 saturated carbocycles. The van der Waals surface area contributed by atoms with E-state index in [4.69, 9.17) is 4.74 Å². The number of aryl methyl sites for hydroxylation is 1. The lowest BCUT2D eigenvalue weighted by atomic mass is 9.99. The van der Waals surface area contributed by atoms with E-state index in [0.29, 0.717) is 32.7 Å². The maximum atomic E-state index is 13.8. The molecule has 0 spiro atoms. The van der Waals surface area contributed by atoms with Gasteiger partial charge in [0.05, 0.1) is 26.3 Å². The number of amides is 4. The maximum Gasteiger partial charge on any atom is 0.334 e. The van der Waals surface area contributed by atoms with E-state index in [9.17, 15) is 14.4 Å². The molecular formula is C32H37N5O4. The Balaban J connectivity index is 1.34. The molecule has 0 aliphatic carbocycles. The smallest absolute Gasteiger partial charge is 0.334 e. The number of likely N-dealkylation sites (N-methyl/N-ethyl adjacent to an activating group) is 1. The molecule has 3 aromatic rings. The van der Waals surface area contributed by atoms with Crippen LogP contribution in [0.5, 0.6) is 0 Å². The van der Waals surface area contributed by atoms with Crippen molar-refractivity contribution in [2.45, 2.75) is 38.7 Å². The van der Waals surface area contributed by atoms with Crippen LogP contribution in [0, 0.1) is 6.92 Å². The zero-order chi connectivity index (χ0) is 28.8. The second-order valence-electron chi connectivity index (χ2n) is 10.6. The molecule has 2 aliphatic rings. The lowest BCUT2D eigenvalue weighted by Crippen LogP contribution is -2.76. The van der Waals surface area contributed by atoms with Crippen molar-refractivity contribution in [2.24, 2.45) is 0 Å². The molecule has 0 unspecified atom stereocenters. The Morgan fingerprint density at radius 1 is 0.902 bits per heavy atom. The molecule has 214 valence electrons. The van der Waals surface area contributed by atoms with Crippen molar-refractivity contribution in [3.63, 3.8) is 0 Å². The first kappa shape index (κ1) is 28.3. The van der Waals surface area contributed by atoms with E-state index in [0.717, 1.165) is 16.7 Å². The van der Waals surface area contributed by atoms with Crippen LogP contribution in [0.1, 0.15) is 22.3 Å². The predicted octanol–water partition coefficient (Wildman–Crippen LogP) is 3.19. The highest BCUT2D eigenvalue weighted by atomic mass is 16.5. The molecule has 2 aliphatic heterocycles. The summed E-state index contributed by atoms with van der Waals surface area (Å²) < 4.78 is 5.93. The number of carbonyl (C=O) groups excluding carboxylic acids is 3. The standard InChI is InChI=1S/C32H37N5O4/c1-24-13-15-27(16-14-24)23-41-18-17-35-21-29-36(28(31(35)39)19-25-9-5-3-6-10-25)30(38)22-34(2)37(29)32(40)33-20-26-11-7-4-8-12-26/h3-16,28-29H,17-23H2,1-2H3,(H,33,40)/t28-,29-/m0/s1. The summed E-state index contributed by atoms with van der Waals surface area (Å²) in [4.78, 5) is 44.1. The van der Waals surface area contributed by atoms with Crippen LogP contribution in [-0.4, -0.2) is 83.2 Å². The number of ether oxygens (including phenoxy) is 1. The molecule has 0 aromatic heterocycles. The number of fused-ring (bicyclic) bond motifs is 1. The topological polar surface area (TPSA) is 85.4 Å². The van der Waals surface area contributed by atoms with Crippen LogP contribution in [0.25, 0.3) is 0 Å². The molecule has 0 radical (unpaired) electrons. The summed E-state index contributed by atoms with van der Waals surface area (Å²) >= 11 is 0. The molecule has 9 nitrogen and oxygen atoms in total. The van der Waals surface area contributed by atoms with Gasteiger partial charge in [-0.1, -0.05) is 90.5 Å². The monoisotopic (exact) mass is 555 g/mol. The van der Waals surface area contributed by atoms with E-state index >= 15 is 0 Å². The molecule has 2 atom stereocenters. The molecule has 9 heteroatoms. The van der Waals surface area contributed by atoms with Crippen LogP contribution in [0.15, 0.2) is 84.9 Å². The van der Waals surface area contributed by atoms with Gasteiger partial charge in [0, 0.05) is 26.6 Å². The van der Waals surface area contributed by atoms with Crippen LogP contribution in [0.3, 0.4) is 0 Å². The Hall–Kier alpha value is -4.21. The number of piperazine rings is 1. The number of hydrogen-bond donors (Lipinski definition) is 1. The predicted molar refractivity (Wildman–Crippen MR) is 155 cm³/mol. The zero-order valence-corrected chi connectivity index (χ0v) is 23.6. The fraction of sp³-hybridized carbons (Fsp3) is 0.344. The first-order valence-electron chi connectivity index (χ1n) is 14.0. The Bertz CT molecular complexity index is 1340. The van der Waals surface area contributed by atoms with Crippen molar-refractivity contribution < 1.29 is 19.1 Å². The molecule has 1 N–H and O–H groups in total. The molecule has 4 amide bonds. The second-order valence-corrected chi connectivity index (χ2v) is 10.6. The summed E-state index contributed by atoms with van der Waals surface area (Å²) in [5.74, 6) is -0.305. The third kappa shape index (κ3) is 6.75. The third-order valence-corrected chi connectivity index (χ3v) is 7.60. The number of benzene rings is 3. The summed E-state index contributed by atoms with van der Waals surface area (Å²) in [5, 5.41) is 6.21. The van der Waals surface area contributed by atoms with Gasteiger partial charge in [-0.2, -0.15) is 0 Å². The van der Waals surface area contributed by atoms with E-state index < -0.39 is 12.2 Å². The van der Waals surface area contributed by atoms with E-state index in [1.165, 1.54) is 5.56 Å². The van der Waals surface area contributed by atoms with Crippen LogP contribution in [0.2, 0.25) is 0 Å². The average molecular weight is 556 g/mol. The molecule has 2 heterocycles. The second kappa shape index (κ2) is 13.0. The van der Waals surface area contributed by atoms with Crippen molar-refractivity contribution in [3.05, 3.63) is 107 Å². The normalized spacial score (nSPS) is 19.3. The van der Waals surface area contributed by atoms with Gasteiger partial charge in [-0.3, -0.25) is 9.59 Å². The highest BCUT2D eigenvalue weighted by Crippen LogP contribution is 2.27. The molecule has 0 bridgehead atoms. The Kier molecular flexibility index (Phi) is 8.96. The molecule has 41 heavy (non-hydrogen) atoms. The number of hydrazine groups is 1. The van der Waals surface area contributed by atoms with Gasteiger partial charge in [0.25, 0.3) is 0 Å². The first-order chi connectivity index (χ1) is 19.9. The van der Waals surface area contributed by atoms with Crippen molar-refractivity contribution in [1.29, 1.82) is 0 Å². The van der Waals surface area contributed by atoms with E-state index in [1.807, 2.05) is 91.9 Å². The van der Waals surface area contributed by atoms with Crippen LogP contribution >= 0.6 is 0 Å². The average Bonchev–Trinajstić information content (AvgIpc) is 2.98. The van der Waals surface area contributed by atoms with Gasteiger partial charge in [-0.05, 0) is 23.6 Å². The van der Waals surface area contributed by atoms with Gasteiger partial charge in [-0.25, -0.2) is 14.8 Å². The molecule has 2 saturated heterocycles. The van der Waals surface area contributed by atoms with Crippen molar-refractivity contribution >= 4 is 17.8 Å². The highest BCUT2D eigenvalue weighted by molar-refractivity contribution is 5.91. The fourth-order valence-corrected chi connectivity index (χ4v) is 5.45. The molecular weight excluding hydrogens is 518 g/mol. The van der Waals surface area contributed by atoms with E-state index in [1.54, 1.807) is 26.9 Å². The van der Waals surface area contributed by atoms with Crippen molar-refractivity contribution in [2.75, 3.05) is 33.3 Å². The van der Waals surface area contributed by atoms with Crippen molar-refractivity contribution in [3.8, 4) is 0 Å². The largest absolute Gasteiger partial charge is 0.375 e. The van der Waals surface area contributed by atoms with Gasteiger partial charge >= 0.3 is 6.03 Å². The van der Waals surface area contributed by atoms with E-state index in [-0.39, 0.29) is 30.9 Å². The minimum Gasteiger partial charge on any atom is -0.375 e. The Morgan fingerprint density at radius 2 is 1.56 bits per heavy atom. The summed E-state index contributed by atoms with van der Waals surface area (Å²) in [5.41, 5.74) is 4.18. The third-order valence-electron chi connectivity index (χ3n) is 7.60. The highest BCUT2D eigenvalue weighted by Gasteiger charge is 2.50. The maximum absolute atomic E-state index is 13.8. The minimum absolute atomic E-state index is 0.00743. The zero-order valence-electron chi connectivity index (χ0n) is 23.6. The van der Waals surface area contributed by atoms with Crippen molar-refractivity contribution in [1.82, 2.24) is 25.1 Å². The minimum atomic E-state index is -0.723. The van der Waals surface area contributed by atoms with Crippen LogP contribution < -0.4 is 5.32 Å². The van der Waals surface area contributed by atoms with Gasteiger partial charge in [-0.15, -0.1) is 0 Å². The SMILES string of the molecule is Cc1ccc(COCCN2C[C@H]3N(C(=O)CN(C)N3C(=O)NCc3ccccc3)[C@@H](Cc3ccccc3)C2=O)cc1. The van der Waals surface area contributed by atoms with Crippen LogP contribution in [-0.2, 0) is 33.9 Å². The Labute approximate surface area is 241 Å². The number of hydrogen-bond acceptors (Lipinski definition) is 5. The Morgan fingerprint density at radius 3 is 2.24 bits per heavy atom. The molecule has 3 aromatic carbocycles. The quantitative estimate of drug-likeness (QED) is 0.410. The van der Waals surface area contributed by atoms with Gasteiger partial charge in [0.1, 0.15) is 12.2 Å². The van der Waals surface area contributed by atoms with E-state index in [2.05, 4.69) is 5.32 Å². The number of nitrogens with zero attached hydrogens (tertiary/aromatic N) is 4. The number of rotatable bonds is 9. The van der Waals surface area contributed by atoms with Gasteiger partial charge in [0.2, 0.25) is 11.8 Å². The molecule has 2 fully saturated rings. The lowest BCUT2D eigenvalue weighted by molar-refractivity contribution is -0.187. The summed E-state index contributed by atoms with van der Waals surface area (Å²) in [6, 6.07) is 26.5. The lowest BCUT2D eigenvalue weighted by Gasteiger charge is -2.54. The fourth-order valence-electron chi connectivity index (χ4n) is 5.45. The number of urea groups is 1. The summed E-state index contributed by atoms with van der Waals surface area (Å²) in [6.45, 7) is 3.75. The number of carbonyl (C=O) groups is 3.